The van der Waals surface area contributed by atoms with Crippen LogP contribution in [0.25, 0.3) is 0 Å². The second-order valence-corrected chi connectivity index (χ2v) is 9.92. The SMILES string of the molecule is CC=CCCC1CCC(OCC2CCC(C3CCC(C)CC3)CC2)CC1. The highest BCUT2D eigenvalue weighted by atomic mass is 16.5. The summed E-state index contributed by atoms with van der Waals surface area (Å²) >= 11 is 0. The fourth-order valence-electron chi connectivity index (χ4n) is 5.94. The molecule has 26 heavy (non-hydrogen) atoms. The Labute approximate surface area is 163 Å². The van der Waals surface area contributed by atoms with Crippen molar-refractivity contribution in [2.75, 3.05) is 6.61 Å². The predicted molar refractivity (Wildman–Crippen MR) is 112 cm³/mol. The van der Waals surface area contributed by atoms with Crippen LogP contribution in [0.5, 0.6) is 0 Å². The molecule has 0 amide bonds. The Morgan fingerprint density at radius 3 is 1.92 bits per heavy atom. The van der Waals surface area contributed by atoms with Gasteiger partial charge in [-0.25, -0.2) is 0 Å². The molecular weight excluding hydrogens is 316 g/mol. The Morgan fingerprint density at radius 2 is 1.31 bits per heavy atom. The van der Waals surface area contributed by atoms with Crippen LogP contribution in [0.3, 0.4) is 0 Å². The number of hydrogen-bond acceptors (Lipinski definition) is 1. The monoisotopic (exact) mass is 360 g/mol. The van der Waals surface area contributed by atoms with E-state index in [1.807, 2.05) is 0 Å². The first kappa shape index (κ1) is 20.4. The van der Waals surface area contributed by atoms with E-state index in [0.29, 0.717) is 6.10 Å². The Kier molecular flexibility index (Phi) is 8.56. The van der Waals surface area contributed by atoms with E-state index in [0.717, 1.165) is 36.2 Å². The summed E-state index contributed by atoms with van der Waals surface area (Å²) in [5.41, 5.74) is 0. The van der Waals surface area contributed by atoms with Crippen molar-refractivity contribution in [1.29, 1.82) is 0 Å². The van der Waals surface area contributed by atoms with Crippen molar-refractivity contribution in [2.45, 2.75) is 110 Å². The van der Waals surface area contributed by atoms with E-state index in [-0.39, 0.29) is 0 Å². The largest absolute Gasteiger partial charge is 0.378 e. The van der Waals surface area contributed by atoms with Gasteiger partial charge in [0.05, 0.1) is 6.10 Å². The molecule has 0 aromatic heterocycles. The summed E-state index contributed by atoms with van der Waals surface area (Å²) in [6, 6.07) is 0. The van der Waals surface area contributed by atoms with Crippen molar-refractivity contribution in [3.05, 3.63) is 12.2 Å². The van der Waals surface area contributed by atoms with Crippen LogP contribution in [-0.4, -0.2) is 12.7 Å². The van der Waals surface area contributed by atoms with E-state index in [2.05, 4.69) is 26.0 Å². The first-order chi connectivity index (χ1) is 12.7. The molecule has 0 bridgehead atoms. The normalized spacial score (nSPS) is 39.3. The predicted octanol–water partition coefficient (Wildman–Crippen LogP) is 7.55. The minimum absolute atomic E-state index is 0.575. The molecule has 0 heterocycles. The summed E-state index contributed by atoms with van der Waals surface area (Å²) in [6.45, 7) is 5.64. The Hall–Kier alpha value is -0.300. The number of ether oxygens (including phenoxy) is 1. The van der Waals surface area contributed by atoms with E-state index in [9.17, 15) is 0 Å². The minimum atomic E-state index is 0.575. The first-order valence-corrected chi connectivity index (χ1v) is 12.0. The van der Waals surface area contributed by atoms with Crippen molar-refractivity contribution in [3.8, 4) is 0 Å². The van der Waals surface area contributed by atoms with Crippen LogP contribution in [-0.2, 0) is 4.74 Å². The van der Waals surface area contributed by atoms with Gasteiger partial charge < -0.3 is 4.74 Å². The maximum atomic E-state index is 6.38. The molecule has 0 aromatic carbocycles. The molecule has 0 radical (unpaired) electrons. The molecule has 0 spiro atoms. The van der Waals surface area contributed by atoms with Gasteiger partial charge in [0, 0.05) is 6.61 Å². The van der Waals surface area contributed by atoms with Crippen molar-refractivity contribution >= 4 is 0 Å². The van der Waals surface area contributed by atoms with E-state index >= 15 is 0 Å². The minimum Gasteiger partial charge on any atom is -0.378 e. The molecule has 0 unspecified atom stereocenters. The van der Waals surface area contributed by atoms with Gasteiger partial charge in [-0.05, 0) is 114 Å². The van der Waals surface area contributed by atoms with Gasteiger partial charge >= 0.3 is 0 Å². The van der Waals surface area contributed by atoms with Crippen LogP contribution < -0.4 is 0 Å². The highest BCUT2D eigenvalue weighted by Crippen LogP contribution is 2.41. The van der Waals surface area contributed by atoms with Crippen LogP contribution in [0.4, 0.5) is 0 Å². The molecule has 150 valence electrons. The lowest BCUT2D eigenvalue weighted by Gasteiger charge is -2.37. The summed E-state index contributed by atoms with van der Waals surface area (Å²) in [6.07, 6.45) is 25.1. The molecule has 0 saturated heterocycles. The van der Waals surface area contributed by atoms with Gasteiger partial charge in [0.1, 0.15) is 0 Å². The van der Waals surface area contributed by atoms with Crippen LogP contribution in [0, 0.1) is 29.6 Å². The van der Waals surface area contributed by atoms with Gasteiger partial charge in [0.25, 0.3) is 0 Å². The third kappa shape index (κ3) is 6.39. The molecule has 0 atom stereocenters. The zero-order valence-electron chi connectivity index (χ0n) is 17.6. The molecular formula is C25H44O. The molecule has 3 saturated carbocycles. The lowest BCUT2D eigenvalue weighted by Crippen LogP contribution is -2.28. The van der Waals surface area contributed by atoms with E-state index in [1.165, 1.54) is 89.9 Å². The van der Waals surface area contributed by atoms with Crippen molar-refractivity contribution < 1.29 is 4.74 Å². The van der Waals surface area contributed by atoms with Gasteiger partial charge in [-0.1, -0.05) is 31.9 Å². The average Bonchev–Trinajstić information content (AvgIpc) is 2.69. The molecule has 3 rings (SSSR count). The van der Waals surface area contributed by atoms with Crippen LogP contribution >= 0.6 is 0 Å². The van der Waals surface area contributed by atoms with Crippen LogP contribution in [0.15, 0.2) is 12.2 Å². The standard InChI is InChI=1S/C25H44O/c1-3-4-5-6-21-11-17-25(18-12-21)26-19-22-9-15-24(16-10-22)23-13-7-20(2)8-14-23/h3-4,20-25H,5-19H2,1-2H3. The summed E-state index contributed by atoms with van der Waals surface area (Å²) < 4.78 is 6.38. The number of rotatable bonds is 7. The summed E-state index contributed by atoms with van der Waals surface area (Å²) in [7, 11) is 0. The molecule has 3 aliphatic rings. The lowest BCUT2D eigenvalue weighted by molar-refractivity contribution is -0.0127. The van der Waals surface area contributed by atoms with Crippen LogP contribution in [0.2, 0.25) is 0 Å². The van der Waals surface area contributed by atoms with Crippen LogP contribution in [0.1, 0.15) is 104 Å². The Balaban J connectivity index is 1.26. The Morgan fingerprint density at radius 1 is 0.731 bits per heavy atom. The zero-order chi connectivity index (χ0) is 18.2. The van der Waals surface area contributed by atoms with Gasteiger partial charge in [-0.2, -0.15) is 0 Å². The lowest BCUT2D eigenvalue weighted by atomic mass is 9.69. The Bertz CT molecular complexity index is 390. The smallest absolute Gasteiger partial charge is 0.0575 e. The van der Waals surface area contributed by atoms with Crippen molar-refractivity contribution in [3.63, 3.8) is 0 Å². The maximum absolute atomic E-state index is 6.38. The molecule has 1 heteroatoms. The van der Waals surface area contributed by atoms with Crippen molar-refractivity contribution in [2.24, 2.45) is 29.6 Å². The van der Waals surface area contributed by atoms with Gasteiger partial charge in [-0.15, -0.1) is 0 Å². The fourth-order valence-corrected chi connectivity index (χ4v) is 5.94. The molecule has 0 N–H and O–H groups in total. The molecule has 0 aliphatic heterocycles. The van der Waals surface area contributed by atoms with E-state index < -0.39 is 0 Å². The third-order valence-corrected chi connectivity index (χ3v) is 7.96. The number of allylic oxidation sites excluding steroid dienone is 2. The van der Waals surface area contributed by atoms with Gasteiger partial charge in [-0.3, -0.25) is 0 Å². The van der Waals surface area contributed by atoms with Gasteiger partial charge in [0.15, 0.2) is 0 Å². The average molecular weight is 361 g/mol. The topological polar surface area (TPSA) is 9.23 Å². The fraction of sp³-hybridized carbons (Fsp3) is 0.920. The van der Waals surface area contributed by atoms with Gasteiger partial charge in [0.2, 0.25) is 0 Å². The second kappa shape index (κ2) is 10.9. The number of hydrogen-bond donors (Lipinski definition) is 0. The maximum Gasteiger partial charge on any atom is 0.0575 e. The second-order valence-electron chi connectivity index (χ2n) is 9.92. The highest BCUT2D eigenvalue weighted by Gasteiger charge is 2.30. The summed E-state index contributed by atoms with van der Waals surface area (Å²) in [5.74, 6) is 4.92. The highest BCUT2D eigenvalue weighted by molar-refractivity contribution is 4.82. The third-order valence-electron chi connectivity index (χ3n) is 7.96. The molecule has 1 nitrogen and oxygen atoms in total. The molecule has 3 fully saturated rings. The quantitative estimate of drug-likeness (QED) is 0.426. The molecule has 3 aliphatic carbocycles. The zero-order valence-corrected chi connectivity index (χ0v) is 17.6. The molecule has 0 aromatic rings. The van der Waals surface area contributed by atoms with E-state index in [4.69, 9.17) is 4.74 Å². The summed E-state index contributed by atoms with van der Waals surface area (Å²) in [4.78, 5) is 0. The summed E-state index contributed by atoms with van der Waals surface area (Å²) in [5, 5.41) is 0. The first-order valence-electron chi connectivity index (χ1n) is 12.0. The van der Waals surface area contributed by atoms with Crippen molar-refractivity contribution in [1.82, 2.24) is 0 Å². The van der Waals surface area contributed by atoms with E-state index in [1.54, 1.807) is 0 Å².